The molecule has 2 saturated heterocycles. The minimum absolute atomic E-state index is 0.0882. The molecule has 2 aliphatic heterocycles. The molecule has 4 rings (SSSR count). The van der Waals surface area contributed by atoms with E-state index in [2.05, 4.69) is 58.2 Å². The van der Waals surface area contributed by atoms with E-state index in [9.17, 15) is 4.79 Å². The predicted molar refractivity (Wildman–Crippen MR) is 119 cm³/mol. The Hall–Kier alpha value is -2.47. The van der Waals surface area contributed by atoms with Crippen LogP contribution in [0, 0.1) is 11.8 Å². The molecule has 1 aromatic heterocycles. The van der Waals surface area contributed by atoms with Gasteiger partial charge in [0.1, 0.15) is 0 Å². The van der Waals surface area contributed by atoms with Gasteiger partial charge < -0.3 is 10.2 Å². The smallest absolute Gasteiger partial charge is 0.225 e. The summed E-state index contributed by atoms with van der Waals surface area (Å²) < 4.78 is 0. The number of benzene rings is 1. The number of hydrogen-bond donors (Lipinski definition) is 1. The molecular formula is C24H33N5O. The minimum Gasteiger partial charge on any atom is -0.356 e. The first-order valence-electron chi connectivity index (χ1n) is 11.2. The van der Waals surface area contributed by atoms with Crippen LogP contribution in [0.15, 0.2) is 42.6 Å². The summed E-state index contributed by atoms with van der Waals surface area (Å²) in [6.07, 6.45) is 4.25. The van der Waals surface area contributed by atoms with Gasteiger partial charge in [0.05, 0.1) is 11.6 Å². The van der Waals surface area contributed by atoms with E-state index in [-0.39, 0.29) is 17.7 Å². The Balaban J connectivity index is 1.54. The van der Waals surface area contributed by atoms with Gasteiger partial charge >= 0.3 is 0 Å². The van der Waals surface area contributed by atoms with E-state index >= 15 is 0 Å². The lowest BCUT2D eigenvalue weighted by atomic mass is 9.91. The molecule has 1 amide bonds. The molecule has 0 aliphatic carbocycles. The van der Waals surface area contributed by atoms with Gasteiger partial charge in [-0.2, -0.15) is 0 Å². The lowest BCUT2D eigenvalue weighted by Crippen LogP contribution is -2.36. The number of amides is 1. The summed E-state index contributed by atoms with van der Waals surface area (Å²) in [4.78, 5) is 27.1. The number of anilines is 1. The Morgan fingerprint density at radius 2 is 1.90 bits per heavy atom. The van der Waals surface area contributed by atoms with Crippen LogP contribution >= 0.6 is 0 Å². The monoisotopic (exact) mass is 407 g/mol. The fourth-order valence-corrected chi connectivity index (χ4v) is 4.50. The van der Waals surface area contributed by atoms with Crippen LogP contribution in [0.25, 0.3) is 0 Å². The molecule has 2 atom stereocenters. The minimum atomic E-state index is -0.0891. The first-order valence-corrected chi connectivity index (χ1v) is 11.2. The molecule has 0 unspecified atom stereocenters. The topological polar surface area (TPSA) is 61.4 Å². The molecule has 0 bridgehead atoms. The zero-order valence-corrected chi connectivity index (χ0v) is 18.1. The van der Waals surface area contributed by atoms with Crippen LogP contribution in [0.1, 0.15) is 43.9 Å². The lowest BCUT2D eigenvalue weighted by molar-refractivity contribution is -0.125. The molecular weight excluding hydrogens is 374 g/mol. The van der Waals surface area contributed by atoms with Crippen LogP contribution in [0.4, 0.5) is 5.95 Å². The van der Waals surface area contributed by atoms with E-state index < -0.39 is 0 Å². The second-order valence-corrected chi connectivity index (χ2v) is 9.01. The van der Waals surface area contributed by atoms with Crippen molar-refractivity contribution in [1.82, 2.24) is 20.2 Å². The van der Waals surface area contributed by atoms with Gasteiger partial charge in [-0.25, -0.2) is 9.97 Å². The number of likely N-dealkylation sites (tertiary alicyclic amines) is 1. The molecule has 1 aromatic carbocycles. The van der Waals surface area contributed by atoms with Crippen molar-refractivity contribution in [3.05, 3.63) is 53.9 Å². The van der Waals surface area contributed by atoms with Crippen LogP contribution in [-0.4, -0.2) is 53.5 Å². The van der Waals surface area contributed by atoms with E-state index in [4.69, 9.17) is 4.98 Å². The van der Waals surface area contributed by atoms with Crippen molar-refractivity contribution in [3.8, 4) is 0 Å². The zero-order valence-electron chi connectivity index (χ0n) is 18.1. The van der Waals surface area contributed by atoms with Gasteiger partial charge in [-0.1, -0.05) is 44.2 Å². The molecule has 6 nitrogen and oxygen atoms in total. The van der Waals surface area contributed by atoms with E-state index in [1.807, 2.05) is 18.3 Å². The first kappa shape index (κ1) is 20.8. The Labute approximate surface area is 179 Å². The number of carbonyl (C=O) groups excluding carboxylic acids is 1. The third-order valence-corrected chi connectivity index (χ3v) is 6.10. The number of nitrogens with one attached hydrogen (secondary N) is 1. The largest absolute Gasteiger partial charge is 0.356 e. The normalized spacial score (nSPS) is 22.0. The van der Waals surface area contributed by atoms with E-state index in [1.165, 1.54) is 18.4 Å². The maximum atomic E-state index is 13.1. The molecule has 6 heteroatoms. The van der Waals surface area contributed by atoms with Gasteiger partial charge in [0.25, 0.3) is 0 Å². The average Bonchev–Trinajstić information content (AvgIpc) is 3.43. The maximum Gasteiger partial charge on any atom is 0.225 e. The molecule has 0 radical (unpaired) electrons. The molecule has 2 aliphatic rings. The van der Waals surface area contributed by atoms with Crippen molar-refractivity contribution >= 4 is 11.9 Å². The highest BCUT2D eigenvalue weighted by atomic mass is 16.2. The third-order valence-electron chi connectivity index (χ3n) is 6.10. The standard InChI is InChI=1S/C24H33N5O/c1-18(2)14-26-23(30)21-17-28(15-19-8-4-3-5-9-19)16-20(21)22-10-11-25-24(27-22)29-12-6-7-13-29/h3-5,8-11,18,20-21H,6-7,12-17H2,1-2H3,(H,26,30)/t20-,21-/m0/s1. The fourth-order valence-electron chi connectivity index (χ4n) is 4.50. The second kappa shape index (κ2) is 9.56. The van der Waals surface area contributed by atoms with Crippen molar-refractivity contribution in [2.45, 2.75) is 39.2 Å². The summed E-state index contributed by atoms with van der Waals surface area (Å²) in [5, 5.41) is 3.16. The van der Waals surface area contributed by atoms with Gasteiger partial charge in [0.2, 0.25) is 11.9 Å². The molecule has 0 saturated carbocycles. The summed E-state index contributed by atoms with van der Waals surface area (Å²) in [5.41, 5.74) is 2.27. The highest BCUT2D eigenvalue weighted by Gasteiger charge is 2.39. The molecule has 30 heavy (non-hydrogen) atoms. The summed E-state index contributed by atoms with van der Waals surface area (Å²) in [7, 11) is 0. The van der Waals surface area contributed by atoms with Crippen LogP contribution in [0.2, 0.25) is 0 Å². The fraction of sp³-hybridized carbons (Fsp3) is 0.542. The summed E-state index contributed by atoms with van der Waals surface area (Å²) >= 11 is 0. The Bertz CT molecular complexity index is 834. The number of carbonyl (C=O) groups is 1. The van der Waals surface area contributed by atoms with Crippen LogP contribution in [-0.2, 0) is 11.3 Å². The quantitative estimate of drug-likeness (QED) is 0.764. The van der Waals surface area contributed by atoms with E-state index in [0.29, 0.717) is 12.5 Å². The average molecular weight is 408 g/mol. The SMILES string of the molecule is CC(C)CNC(=O)[C@H]1CN(Cc2ccccc2)C[C@@H]1c1ccnc(N2CCCC2)n1. The summed E-state index contributed by atoms with van der Waals surface area (Å²) in [6, 6.07) is 12.5. The molecule has 0 spiro atoms. The van der Waals surface area contributed by atoms with Crippen LogP contribution < -0.4 is 10.2 Å². The Morgan fingerprint density at radius 3 is 2.63 bits per heavy atom. The van der Waals surface area contributed by atoms with Crippen molar-refractivity contribution in [1.29, 1.82) is 0 Å². The summed E-state index contributed by atoms with van der Waals surface area (Å²) in [5.74, 6) is 1.40. The Kier molecular flexibility index (Phi) is 6.62. The van der Waals surface area contributed by atoms with Crippen molar-refractivity contribution in [3.63, 3.8) is 0 Å². The predicted octanol–water partition coefficient (Wildman–Crippen LogP) is 3.06. The highest BCUT2D eigenvalue weighted by molar-refractivity contribution is 5.80. The molecule has 1 N–H and O–H groups in total. The number of rotatable bonds is 7. The molecule has 160 valence electrons. The van der Waals surface area contributed by atoms with Crippen molar-refractivity contribution in [2.24, 2.45) is 11.8 Å². The van der Waals surface area contributed by atoms with Gasteiger partial charge in [0, 0.05) is 51.4 Å². The Morgan fingerprint density at radius 1 is 1.13 bits per heavy atom. The first-order chi connectivity index (χ1) is 14.6. The van der Waals surface area contributed by atoms with Gasteiger partial charge in [0.15, 0.2) is 0 Å². The van der Waals surface area contributed by atoms with Crippen molar-refractivity contribution in [2.75, 3.05) is 37.6 Å². The maximum absolute atomic E-state index is 13.1. The second-order valence-electron chi connectivity index (χ2n) is 9.01. The van der Waals surface area contributed by atoms with Crippen LogP contribution in [0.3, 0.4) is 0 Å². The number of nitrogens with zero attached hydrogens (tertiary/aromatic N) is 4. The van der Waals surface area contributed by atoms with Crippen LogP contribution in [0.5, 0.6) is 0 Å². The van der Waals surface area contributed by atoms with Gasteiger partial charge in [-0.05, 0) is 30.4 Å². The molecule has 2 aromatic rings. The van der Waals surface area contributed by atoms with E-state index in [0.717, 1.165) is 44.4 Å². The number of aromatic nitrogens is 2. The number of hydrogen-bond acceptors (Lipinski definition) is 5. The zero-order chi connectivity index (χ0) is 20.9. The lowest BCUT2D eigenvalue weighted by Gasteiger charge is -2.20. The van der Waals surface area contributed by atoms with E-state index in [1.54, 1.807) is 0 Å². The highest BCUT2D eigenvalue weighted by Crippen LogP contribution is 2.33. The third kappa shape index (κ3) is 4.98. The molecule has 3 heterocycles. The molecule has 2 fully saturated rings. The van der Waals surface area contributed by atoms with Gasteiger partial charge in [-0.15, -0.1) is 0 Å². The summed E-state index contributed by atoms with van der Waals surface area (Å²) in [6.45, 7) is 9.46. The van der Waals surface area contributed by atoms with Gasteiger partial charge in [-0.3, -0.25) is 9.69 Å². The van der Waals surface area contributed by atoms with Crippen molar-refractivity contribution < 1.29 is 4.79 Å².